The second kappa shape index (κ2) is 12.5. The van der Waals surface area contributed by atoms with Crippen molar-refractivity contribution >= 4 is 29.5 Å². The molecule has 0 radical (unpaired) electrons. The number of halogens is 3. The molecule has 6 nitrogen and oxygen atoms in total. The van der Waals surface area contributed by atoms with Crippen LogP contribution in [0.5, 0.6) is 5.75 Å². The highest BCUT2D eigenvalue weighted by molar-refractivity contribution is 6.01. The smallest absolute Gasteiger partial charge is 0.481 e. The number of allylic oxidation sites excluding steroid dienone is 1. The summed E-state index contributed by atoms with van der Waals surface area (Å²) in [5, 5.41) is 11.5. The van der Waals surface area contributed by atoms with E-state index >= 15 is 0 Å². The highest BCUT2D eigenvalue weighted by Crippen LogP contribution is 2.27. The number of carbonyl (C=O) groups excluding carboxylic acids is 1. The Balaban J connectivity index is 1.79. The van der Waals surface area contributed by atoms with Gasteiger partial charge in [0.1, 0.15) is 5.75 Å². The van der Waals surface area contributed by atoms with Crippen molar-refractivity contribution in [2.75, 3.05) is 10.2 Å². The highest BCUT2D eigenvalue weighted by Gasteiger charge is 2.31. The van der Waals surface area contributed by atoms with Crippen LogP contribution < -0.4 is 15.0 Å². The van der Waals surface area contributed by atoms with E-state index in [0.29, 0.717) is 17.8 Å². The quantitative estimate of drug-likeness (QED) is 0.288. The number of amides is 2. The molecule has 0 saturated heterocycles. The van der Waals surface area contributed by atoms with Gasteiger partial charge in [0.05, 0.1) is 6.54 Å². The molecule has 3 rings (SSSR count). The Kier molecular flexibility index (Phi) is 9.40. The Morgan fingerprint density at radius 2 is 1.54 bits per heavy atom. The first-order valence-electron chi connectivity index (χ1n) is 12.3. The summed E-state index contributed by atoms with van der Waals surface area (Å²) in [7, 11) is 0. The van der Waals surface area contributed by atoms with E-state index in [1.54, 1.807) is 11.0 Å². The minimum atomic E-state index is -4.80. The molecule has 2 amide bonds. The Hall–Kier alpha value is -4.27. The van der Waals surface area contributed by atoms with E-state index in [2.05, 4.69) is 30.8 Å². The zero-order chi connectivity index (χ0) is 28.6. The van der Waals surface area contributed by atoms with Crippen LogP contribution in [0.15, 0.2) is 78.9 Å². The molecular weight excluding hydrogens is 509 g/mol. The lowest BCUT2D eigenvalue weighted by Crippen LogP contribution is -2.34. The van der Waals surface area contributed by atoms with Gasteiger partial charge in [0.2, 0.25) is 0 Å². The number of hydrogen-bond acceptors (Lipinski definition) is 3. The van der Waals surface area contributed by atoms with Gasteiger partial charge in [-0.3, -0.25) is 9.69 Å². The van der Waals surface area contributed by atoms with Gasteiger partial charge >= 0.3 is 18.4 Å². The van der Waals surface area contributed by atoms with E-state index in [9.17, 15) is 22.8 Å². The van der Waals surface area contributed by atoms with Crippen molar-refractivity contribution in [1.29, 1.82) is 0 Å². The van der Waals surface area contributed by atoms with Gasteiger partial charge in [-0.25, -0.2) is 4.79 Å². The molecule has 0 fully saturated rings. The van der Waals surface area contributed by atoms with Gasteiger partial charge in [0.15, 0.2) is 0 Å². The van der Waals surface area contributed by atoms with Gasteiger partial charge in [0.25, 0.3) is 0 Å². The van der Waals surface area contributed by atoms with Gasteiger partial charge in [-0.05, 0) is 64.9 Å². The van der Waals surface area contributed by atoms with Crippen molar-refractivity contribution < 1.29 is 32.6 Å². The number of benzene rings is 3. The minimum absolute atomic E-state index is 0.0603. The molecule has 39 heavy (non-hydrogen) atoms. The molecule has 0 aliphatic rings. The standard InChI is InChI=1S/C30H31F3N2O4/c1-29(2,3)23-12-16-25(17-13-23)35(20-22-10-8-21(9-11-22)6-4-5-7-27(36)37)28(38)34-24-14-18-26(19-15-24)39-30(31,32)33/h4,6,8-19H,5,7,20H2,1-3H3,(H,34,38)(H,36,37). The summed E-state index contributed by atoms with van der Waals surface area (Å²) < 4.78 is 41.3. The third-order valence-corrected chi connectivity index (χ3v) is 5.78. The van der Waals surface area contributed by atoms with Gasteiger partial charge in [-0.1, -0.05) is 69.3 Å². The molecule has 2 N–H and O–H groups in total. The first-order valence-corrected chi connectivity index (χ1v) is 12.3. The monoisotopic (exact) mass is 540 g/mol. The van der Waals surface area contributed by atoms with Crippen LogP contribution in [0.3, 0.4) is 0 Å². The number of nitrogens with zero attached hydrogens (tertiary/aromatic N) is 1. The second-order valence-electron chi connectivity index (χ2n) is 9.96. The molecule has 0 heterocycles. The number of rotatable bonds is 9. The van der Waals surface area contributed by atoms with Crippen molar-refractivity contribution in [2.45, 2.75) is 51.9 Å². The molecule has 0 atom stereocenters. The first-order chi connectivity index (χ1) is 18.3. The highest BCUT2D eigenvalue weighted by atomic mass is 19.4. The molecule has 0 saturated carbocycles. The fourth-order valence-corrected chi connectivity index (χ4v) is 3.70. The van der Waals surface area contributed by atoms with Crippen molar-refractivity contribution in [1.82, 2.24) is 0 Å². The maximum Gasteiger partial charge on any atom is 0.573 e. The van der Waals surface area contributed by atoms with Crippen LogP contribution in [-0.4, -0.2) is 23.5 Å². The Labute approximate surface area is 225 Å². The number of aliphatic carboxylic acids is 1. The van der Waals surface area contributed by atoms with Crippen molar-refractivity contribution in [3.8, 4) is 5.75 Å². The maximum absolute atomic E-state index is 13.4. The number of carboxylic acids is 1. The van der Waals surface area contributed by atoms with E-state index in [1.807, 2.05) is 54.6 Å². The van der Waals surface area contributed by atoms with Crippen LogP contribution >= 0.6 is 0 Å². The van der Waals surface area contributed by atoms with E-state index in [0.717, 1.165) is 28.8 Å². The summed E-state index contributed by atoms with van der Waals surface area (Å²) in [5.74, 6) is -1.23. The average Bonchev–Trinajstić information content (AvgIpc) is 2.85. The van der Waals surface area contributed by atoms with Crippen LogP contribution in [0.1, 0.15) is 50.3 Å². The van der Waals surface area contributed by atoms with Crippen LogP contribution in [0.2, 0.25) is 0 Å². The number of anilines is 2. The van der Waals surface area contributed by atoms with Crippen molar-refractivity contribution in [2.24, 2.45) is 0 Å². The maximum atomic E-state index is 13.4. The number of carbonyl (C=O) groups is 2. The molecule has 0 unspecified atom stereocenters. The molecule has 206 valence electrons. The first kappa shape index (κ1) is 29.3. The summed E-state index contributed by atoms with van der Waals surface area (Å²) in [5.41, 5.74) is 3.74. The molecule has 0 bridgehead atoms. The normalized spacial score (nSPS) is 11.8. The molecule has 0 aliphatic carbocycles. The largest absolute Gasteiger partial charge is 0.573 e. The van der Waals surface area contributed by atoms with Crippen molar-refractivity contribution in [3.05, 3.63) is 95.6 Å². The van der Waals surface area contributed by atoms with Crippen molar-refractivity contribution in [3.63, 3.8) is 0 Å². The zero-order valence-corrected chi connectivity index (χ0v) is 22.0. The van der Waals surface area contributed by atoms with Gasteiger partial charge in [0, 0.05) is 17.8 Å². The lowest BCUT2D eigenvalue weighted by molar-refractivity contribution is -0.274. The number of alkyl halides is 3. The molecule has 9 heteroatoms. The molecule has 0 spiro atoms. The predicted molar refractivity (Wildman–Crippen MR) is 146 cm³/mol. The number of nitrogens with one attached hydrogen (secondary N) is 1. The van der Waals surface area contributed by atoms with Crippen LogP contribution in [0.4, 0.5) is 29.3 Å². The number of ether oxygens (including phenoxy) is 1. The van der Waals surface area contributed by atoms with Crippen LogP contribution in [0, 0.1) is 0 Å². The van der Waals surface area contributed by atoms with Gasteiger partial charge in [-0.2, -0.15) is 0 Å². The Morgan fingerprint density at radius 1 is 0.923 bits per heavy atom. The summed E-state index contributed by atoms with van der Waals surface area (Å²) in [4.78, 5) is 25.6. The lowest BCUT2D eigenvalue weighted by Gasteiger charge is -2.25. The molecule has 3 aromatic carbocycles. The summed E-state index contributed by atoms with van der Waals surface area (Å²) in [6.07, 6.45) is -0.673. The minimum Gasteiger partial charge on any atom is -0.481 e. The van der Waals surface area contributed by atoms with E-state index in [-0.39, 0.29) is 24.1 Å². The molecule has 0 aromatic heterocycles. The second-order valence-corrected chi connectivity index (χ2v) is 9.96. The van der Waals surface area contributed by atoms with E-state index in [4.69, 9.17) is 5.11 Å². The number of hydrogen-bond donors (Lipinski definition) is 2. The summed E-state index contributed by atoms with van der Waals surface area (Å²) in [6.45, 7) is 6.52. The van der Waals surface area contributed by atoms with E-state index in [1.165, 1.54) is 12.1 Å². The summed E-state index contributed by atoms with van der Waals surface area (Å²) in [6, 6.07) is 19.6. The predicted octanol–water partition coefficient (Wildman–Crippen LogP) is 8.00. The Bertz CT molecular complexity index is 1280. The third-order valence-electron chi connectivity index (χ3n) is 5.78. The average molecular weight is 541 g/mol. The Morgan fingerprint density at radius 3 is 2.08 bits per heavy atom. The topological polar surface area (TPSA) is 78.9 Å². The van der Waals surface area contributed by atoms with Gasteiger partial charge < -0.3 is 15.2 Å². The fraction of sp³-hybridized carbons (Fsp3) is 0.267. The molecular formula is C30H31F3N2O4. The SMILES string of the molecule is CC(C)(C)c1ccc(N(Cc2ccc(C=CCCC(=O)O)cc2)C(=O)Nc2ccc(OC(F)(F)F)cc2)cc1. The third kappa shape index (κ3) is 9.52. The number of urea groups is 1. The summed E-state index contributed by atoms with van der Waals surface area (Å²) >= 11 is 0. The van der Waals surface area contributed by atoms with Crippen LogP contribution in [0.25, 0.3) is 6.08 Å². The fourth-order valence-electron chi connectivity index (χ4n) is 3.70. The lowest BCUT2D eigenvalue weighted by atomic mass is 9.87. The number of carboxylic acid groups (broad SMARTS) is 1. The molecule has 3 aromatic rings. The van der Waals surface area contributed by atoms with Crippen LogP contribution in [-0.2, 0) is 16.8 Å². The zero-order valence-electron chi connectivity index (χ0n) is 22.0. The molecule has 0 aliphatic heterocycles. The van der Waals surface area contributed by atoms with E-state index < -0.39 is 18.4 Å². The van der Waals surface area contributed by atoms with Gasteiger partial charge in [-0.15, -0.1) is 13.2 Å².